The minimum atomic E-state index is -0.511. The first-order valence-corrected chi connectivity index (χ1v) is 4.88. The van der Waals surface area contributed by atoms with E-state index in [1.165, 1.54) is 13.2 Å². The van der Waals surface area contributed by atoms with Gasteiger partial charge in [-0.3, -0.25) is 0 Å². The Bertz CT molecular complexity index is 317. The van der Waals surface area contributed by atoms with Crippen LogP contribution in [0, 0.1) is 5.82 Å². The van der Waals surface area contributed by atoms with Gasteiger partial charge in [-0.05, 0) is 37.1 Å². The van der Waals surface area contributed by atoms with Gasteiger partial charge < -0.3 is 15.6 Å². The summed E-state index contributed by atoms with van der Waals surface area (Å²) in [5.41, 5.74) is 6.05. The molecule has 15 heavy (non-hydrogen) atoms. The van der Waals surface area contributed by atoms with Crippen molar-refractivity contribution >= 4 is 0 Å². The number of ether oxygens (including phenoxy) is 1. The Hall–Kier alpha value is -1.13. The number of halogens is 1. The van der Waals surface area contributed by atoms with Gasteiger partial charge in [0.15, 0.2) is 11.6 Å². The van der Waals surface area contributed by atoms with Crippen LogP contribution in [0.15, 0.2) is 18.2 Å². The van der Waals surface area contributed by atoms with E-state index in [0.717, 1.165) is 5.56 Å². The summed E-state index contributed by atoms with van der Waals surface area (Å²) >= 11 is 0. The largest absolute Gasteiger partial charge is 0.494 e. The molecule has 84 valence electrons. The van der Waals surface area contributed by atoms with Gasteiger partial charge in [0.1, 0.15) is 0 Å². The highest BCUT2D eigenvalue weighted by molar-refractivity contribution is 5.29. The molecule has 0 heterocycles. The quantitative estimate of drug-likeness (QED) is 0.769. The molecule has 0 bridgehead atoms. The second kappa shape index (κ2) is 5.68. The molecule has 1 aromatic carbocycles. The first kappa shape index (κ1) is 11.9. The number of hydrogen-bond donors (Lipinski definition) is 2. The average molecular weight is 213 g/mol. The Morgan fingerprint density at radius 3 is 2.80 bits per heavy atom. The fraction of sp³-hybridized carbons (Fsp3) is 0.455. The van der Waals surface area contributed by atoms with Gasteiger partial charge >= 0.3 is 0 Å². The van der Waals surface area contributed by atoms with Gasteiger partial charge in [0.2, 0.25) is 0 Å². The Labute approximate surface area is 88.7 Å². The maximum atomic E-state index is 13.3. The zero-order valence-electron chi connectivity index (χ0n) is 8.74. The van der Waals surface area contributed by atoms with E-state index in [1.54, 1.807) is 12.1 Å². The zero-order chi connectivity index (χ0) is 11.3. The maximum Gasteiger partial charge on any atom is 0.165 e. The van der Waals surface area contributed by atoms with Gasteiger partial charge in [-0.15, -0.1) is 0 Å². The monoisotopic (exact) mass is 213 g/mol. The summed E-state index contributed by atoms with van der Waals surface area (Å²) in [6.07, 6.45) is 0.425. The van der Waals surface area contributed by atoms with E-state index in [1.807, 2.05) is 0 Å². The lowest BCUT2D eigenvalue weighted by Gasteiger charge is -2.10. The fourth-order valence-corrected chi connectivity index (χ4v) is 1.40. The second-order valence-electron chi connectivity index (χ2n) is 3.40. The van der Waals surface area contributed by atoms with Crippen molar-refractivity contribution in [3.8, 4) is 5.75 Å². The molecular weight excluding hydrogens is 197 g/mol. The number of benzene rings is 1. The molecule has 0 radical (unpaired) electrons. The van der Waals surface area contributed by atoms with Crippen LogP contribution in [0.1, 0.15) is 12.0 Å². The molecule has 0 aliphatic carbocycles. The van der Waals surface area contributed by atoms with Crippen molar-refractivity contribution in [2.75, 3.05) is 13.7 Å². The number of nitrogens with two attached hydrogens (primary N) is 1. The van der Waals surface area contributed by atoms with E-state index in [4.69, 9.17) is 10.5 Å². The molecule has 0 spiro atoms. The lowest BCUT2D eigenvalue weighted by atomic mass is 10.1. The molecule has 0 aliphatic rings. The summed E-state index contributed by atoms with van der Waals surface area (Å²) in [7, 11) is 1.42. The van der Waals surface area contributed by atoms with Crippen LogP contribution in [0.5, 0.6) is 5.75 Å². The molecule has 1 atom stereocenters. The van der Waals surface area contributed by atoms with Crippen molar-refractivity contribution in [1.82, 2.24) is 0 Å². The predicted octanol–water partition coefficient (Wildman–Crippen LogP) is 1.09. The van der Waals surface area contributed by atoms with Crippen LogP contribution in [0.3, 0.4) is 0 Å². The summed E-state index contributed by atoms with van der Waals surface area (Å²) in [5, 5.41) is 9.49. The van der Waals surface area contributed by atoms with Gasteiger partial charge in [-0.25, -0.2) is 4.39 Å². The fourth-order valence-electron chi connectivity index (χ4n) is 1.40. The summed E-state index contributed by atoms with van der Waals surface area (Å²) < 4.78 is 18.1. The Morgan fingerprint density at radius 2 is 2.27 bits per heavy atom. The first-order valence-electron chi connectivity index (χ1n) is 4.88. The number of aliphatic hydroxyl groups excluding tert-OH is 1. The highest BCUT2D eigenvalue weighted by atomic mass is 19.1. The molecule has 3 nitrogen and oxygen atoms in total. The maximum absolute atomic E-state index is 13.3. The van der Waals surface area contributed by atoms with Gasteiger partial charge in [-0.1, -0.05) is 6.07 Å². The summed E-state index contributed by atoms with van der Waals surface area (Å²) in [6, 6.07) is 4.67. The highest BCUT2D eigenvalue weighted by Gasteiger charge is 2.07. The molecule has 0 aliphatic heterocycles. The molecule has 0 saturated carbocycles. The standard InChI is InChI=1S/C11H16FNO2/c1-15-11-3-2-8(7-10(11)12)6-9(14)4-5-13/h2-3,7,9,14H,4-6,13H2,1H3. The summed E-state index contributed by atoms with van der Waals surface area (Å²) in [6.45, 7) is 0.430. The first-order chi connectivity index (χ1) is 7.17. The van der Waals surface area contributed by atoms with Gasteiger partial charge in [-0.2, -0.15) is 0 Å². The second-order valence-corrected chi connectivity index (χ2v) is 3.40. The number of aliphatic hydroxyl groups is 1. The highest BCUT2D eigenvalue weighted by Crippen LogP contribution is 2.18. The van der Waals surface area contributed by atoms with Gasteiger partial charge in [0.25, 0.3) is 0 Å². The minimum Gasteiger partial charge on any atom is -0.494 e. The molecule has 1 rings (SSSR count). The number of hydrogen-bond acceptors (Lipinski definition) is 3. The lowest BCUT2D eigenvalue weighted by molar-refractivity contribution is 0.167. The third-order valence-electron chi connectivity index (χ3n) is 2.19. The van der Waals surface area contributed by atoms with Crippen LogP contribution >= 0.6 is 0 Å². The third-order valence-corrected chi connectivity index (χ3v) is 2.19. The normalized spacial score (nSPS) is 12.5. The van der Waals surface area contributed by atoms with Crippen LogP contribution in [-0.4, -0.2) is 24.9 Å². The van der Waals surface area contributed by atoms with Crippen LogP contribution < -0.4 is 10.5 Å². The number of methoxy groups -OCH3 is 1. The molecule has 1 unspecified atom stereocenters. The van der Waals surface area contributed by atoms with E-state index < -0.39 is 11.9 Å². The molecule has 0 saturated heterocycles. The van der Waals surface area contributed by atoms with E-state index >= 15 is 0 Å². The smallest absolute Gasteiger partial charge is 0.165 e. The van der Waals surface area contributed by atoms with E-state index in [-0.39, 0.29) is 5.75 Å². The Morgan fingerprint density at radius 1 is 1.53 bits per heavy atom. The van der Waals surface area contributed by atoms with Crippen molar-refractivity contribution in [3.05, 3.63) is 29.6 Å². The van der Waals surface area contributed by atoms with Crippen molar-refractivity contribution in [2.45, 2.75) is 18.9 Å². The predicted molar refractivity (Wildman–Crippen MR) is 56.3 cm³/mol. The van der Waals surface area contributed by atoms with Crippen molar-refractivity contribution in [2.24, 2.45) is 5.73 Å². The van der Waals surface area contributed by atoms with Crippen LogP contribution in [0.25, 0.3) is 0 Å². The molecule has 0 aromatic heterocycles. The van der Waals surface area contributed by atoms with Gasteiger partial charge in [0.05, 0.1) is 13.2 Å². The Kier molecular flexibility index (Phi) is 4.52. The molecule has 0 amide bonds. The van der Waals surface area contributed by atoms with Crippen LogP contribution in [-0.2, 0) is 6.42 Å². The van der Waals surface area contributed by atoms with Crippen LogP contribution in [0.2, 0.25) is 0 Å². The molecule has 4 heteroatoms. The van der Waals surface area contributed by atoms with Gasteiger partial charge in [0, 0.05) is 0 Å². The average Bonchev–Trinajstić information content (AvgIpc) is 2.18. The minimum absolute atomic E-state index is 0.215. The summed E-state index contributed by atoms with van der Waals surface area (Å²) in [5.74, 6) is -0.193. The Balaban J connectivity index is 2.66. The lowest BCUT2D eigenvalue weighted by Crippen LogP contribution is -2.16. The van der Waals surface area contributed by atoms with E-state index in [2.05, 4.69) is 0 Å². The van der Waals surface area contributed by atoms with Crippen molar-refractivity contribution < 1.29 is 14.2 Å². The van der Waals surface area contributed by atoms with Crippen molar-refractivity contribution in [1.29, 1.82) is 0 Å². The molecule has 1 aromatic rings. The van der Waals surface area contributed by atoms with Crippen molar-refractivity contribution in [3.63, 3.8) is 0 Å². The van der Waals surface area contributed by atoms with Crippen LogP contribution in [0.4, 0.5) is 4.39 Å². The third kappa shape index (κ3) is 3.49. The molecule has 0 fully saturated rings. The van der Waals surface area contributed by atoms with E-state index in [0.29, 0.717) is 19.4 Å². The number of rotatable bonds is 5. The zero-order valence-corrected chi connectivity index (χ0v) is 8.74. The SMILES string of the molecule is COc1ccc(CC(O)CCN)cc1F. The molecular formula is C11H16FNO2. The topological polar surface area (TPSA) is 55.5 Å². The molecule has 3 N–H and O–H groups in total. The summed E-state index contributed by atoms with van der Waals surface area (Å²) in [4.78, 5) is 0. The van der Waals surface area contributed by atoms with E-state index in [9.17, 15) is 9.50 Å².